The van der Waals surface area contributed by atoms with Crippen molar-refractivity contribution in [2.75, 3.05) is 0 Å². The smallest absolute Gasteiger partial charge is 0.228 e. The number of benzene rings is 1. The van der Waals surface area contributed by atoms with Gasteiger partial charge in [0.15, 0.2) is 0 Å². The molecule has 1 aromatic heterocycles. The van der Waals surface area contributed by atoms with Gasteiger partial charge < -0.3 is 0 Å². The van der Waals surface area contributed by atoms with E-state index in [4.69, 9.17) is 0 Å². The molecule has 0 amide bonds. The Bertz CT molecular complexity index is 549. The first-order valence-electron chi connectivity index (χ1n) is 6.29. The summed E-state index contributed by atoms with van der Waals surface area (Å²) in [6, 6.07) is 12.5. The molecular weight excluding hydrogens is 238 g/mol. The summed E-state index contributed by atoms with van der Waals surface area (Å²) in [6.45, 7) is 0. The van der Waals surface area contributed by atoms with Crippen molar-refractivity contribution in [3.05, 3.63) is 66.0 Å². The quantitative estimate of drug-likeness (QED) is 0.587. The van der Waals surface area contributed by atoms with Crippen molar-refractivity contribution >= 4 is 11.6 Å². The van der Waals surface area contributed by atoms with Crippen molar-refractivity contribution < 1.29 is 9.59 Å². The topological polar surface area (TPSA) is 47.0 Å². The third-order valence-electron chi connectivity index (χ3n) is 2.88. The van der Waals surface area contributed by atoms with Crippen LogP contribution in [0.1, 0.15) is 28.8 Å². The van der Waals surface area contributed by atoms with Gasteiger partial charge in [0.25, 0.3) is 0 Å². The van der Waals surface area contributed by atoms with Crippen molar-refractivity contribution in [3.8, 4) is 0 Å². The molecule has 0 atom stereocenters. The fraction of sp³-hybridized carbons (Fsp3) is 0.188. The highest BCUT2D eigenvalue weighted by molar-refractivity contribution is 6.43. The van der Waals surface area contributed by atoms with Gasteiger partial charge in [-0.2, -0.15) is 0 Å². The number of rotatable bonds is 6. The Balaban J connectivity index is 1.84. The molecule has 0 aliphatic heterocycles. The van der Waals surface area contributed by atoms with Gasteiger partial charge >= 0.3 is 0 Å². The number of carbonyl (C=O) groups is 2. The van der Waals surface area contributed by atoms with Crippen LogP contribution in [0.15, 0.2) is 54.9 Å². The zero-order valence-corrected chi connectivity index (χ0v) is 10.6. The minimum Gasteiger partial charge on any atom is -0.290 e. The van der Waals surface area contributed by atoms with E-state index in [9.17, 15) is 9.59 Å². The Morgan fingerprint density at radius 1 is 1.00 bits per heavy atom. The fourth-order valence-corrected chi connectivity index (χ4v) is 1.86. The van der Waals surface area contributed by atoms with E-state index >= 15 is 0 Å². The van der Waals surface area contributed by atoms with Crippen LogP contribution in [0.2, 0.25) is 0 Å². The van der Waals surface area contributed by atoms with Crippen molar-refractivity contribution in [2.45, 2.75) is 19.3 Å². The van der Waals surface area contributed by atoms with Crippen LogP contribution in [0.3, 0.4) is 0 Å². The summed E-state index contributed by atoms with van der Waals surface area (Å²) in [7, 11) is 0. The van der Waals surface area contributed by atoms with Crippen LogP contribution in [0.25, 0.3) is 0 Å². The van der Waals surface area contributed by atoms with Crippen LogP contribution in [0, 0.1) is 0 Å². The van der Waals surface area contributed by atoms with Gasteiger partial charge in [-0.05, 0) is 24.5 Å². The fourth-order valence-electron chi connectivity index (χ4n) is 1.86. The van der Waals surface area contributed by atoms with Gasteiger partial charge in [-0.25, -0.2) is 0 Å². The van der Waals surface area contributed by atoms with Gasteiger partial charge in [0.05, 0.1) is 0 Å². The summed E-state index contributed by atoms with van der Waals surface area (Å²) < 4.78 is 0. The molecule has 19 heavy (non-hydrogen) atoms. The molecule has 0 spiro atoms. The maximum atomic E-state index is 11.8. The van der Waals surface area contributed by atoms with E-state index in [0.29, 0.717) is 12.0 Å². The predicted octanol–water partition coefficient (Wildman–Crippen LogP) is 2.86. The van der Waals surface area contributed by atoms with Crippen LogP contribution in [-0.4, -0.2) is 16.6 Å². The van der Waals surface area contributed by atoms with Gasteiger partial charge in [0.2, 0.25) is 11.6 Å². The molecule has 0 N–H and O–H groups in total. The standard InChI is InChI=1S/C16H15NO2/c18-15(16(19)14-8-2-1-3-9-14)10-4-6-13-7-5-11-17-12-13/h1-3,5,7-9,11-12H,4,6,10H2. The SMILES string of the molecule is O=C(CCCc1cccnc1)C(=O)c1ccccc1. The average Bonchev–Trinajstić information content (AvgIpc) is 2.48. The third-order valence-corrected chi connectivity index (χ3v) is 2.88. The molecule has 0 radical (unpaired) electrons. The minimum absolute atomic E-state index is 0.280. The molecule has 0 bridgehead atoms. The summed E-state index contributed by atoms with van der Waals surface area (Å²) in [4.78, 5) is 27.6. The molecule has 3 nitrogen and oxygen atoms in total. The Kier molecular flexibility index (Phi) is 4.56. The number of ketones is 2. The highest BCUT2D eigenvalue weighted by Crippen LogP contribution is 2.07. The monoisotopic (exact) mass is 253 g/mol. The molecule has 96 valence electrons. The largest absolute Gasteiger partial charge is 0.290 e. The summed E-state index contributed by atoms with van der Waals surface area (Å²) in [6.07, 6.45) is 5.21. The Morgan fingerprint density at radius 3 is 2.47 bits per heavy atom. The van der Waals surface area contributed by atoms with Crippen molar-refractivity contribution in [3.63, 3.8) is 0 Å². The molecule has 2 aromatic rings. The number of Topliss-reactive ketones (excluding diaryl/α,β-unsaturated/α-hetero) is 2. The lowest BCUT2D eigenvalue weighted by Gasteiger charge is -2.01. The van der Waals surface area contributed by atoms with Gasteiger partial charge in [-0.15, -0.1) is 0 Å². The van der Waals surface area contributed by atoms with Crippen LogP contribution in [0.4, 0.5) is 0 Å². The molecule has 1 heterocycles. The Hall–Kier alpha value is -2.29. The average molecular weight is 253 g/mol. The van der Waals surface area contributed by atoms with E-state index in [2.05, 4.69) is 4.98 Å². The van der Waals surface area contributed by atoms with E-state index in [0.717, 1.165) is 12.0 Å². The van der Waals surface area contributed by atoms with Gasteiger partial charge in [-0.3, -0.25) is 14.6 Å². The van der Waals surface area contributed by atoms with Gasteiger partial charge in [0, 0.05) is 24.4 Å². The van der Waals surface area contributed by atoms with Crippen LogP contribution >= 0.6 is 0 Å². The minimum atomic E-state index is -0.396. The highest BCUT2D eigenvalue weighted by atomic mass is 16.2. The second kappa shape index (κ2) is 6.59. The van der Waals surface area contributed by atoms with Crippen molar-refractivity contribution in [1.29, 1.82) is 0 Å². The summed E-state index contributed by atoms with van der Waals surface area (Å²) in [5.74, 6) is -0.720. The first kappa shape index (κ1) is 13.1. The number of aromatic nitrogens is 1. The van der Waals surface area contributed by atoms with E-state index in [-0.39, 0.29) is 12.2 Å². The van der Waals surface area contributed by atoms with Gasteiger partial charge in [-0.1, -0.05) is 36.4 Å². The first-order valence-corrected chi connectivity index (χ1v) is 6.29. The summed E-state index contributed by atoms with van der Waals surface area (Å²) in [5, 5.41) is 0. The zero-order valence-electron chi connectivity index (χ0n) is 10.6. The maximum absolute atomic E-state index is 11.8. The molecule has 2 rings (SSSR count). The van der Waals surface area contributed by atoms with Gasteiger partial charge in [0.1, 0.15) is 0 Å². The number of aryl methyl sites for hydroxylation is 1. The molecule has 0 unspecified atom stereocenters. The molecular formula is C16H15NO2. The molecule has 0 fully saturated rings. The molecule has 0 saturated heterocycles. The van der Waals surface area contributed by atoms with Crippen LogP contribution < -0.4 is 0 Å². The Morgan fingerprint density at radius 2 is 1.79 bits per heavy atom. The lowest BCUT2D eigenvalue weighted by Crippen LogP contribution is -2.14. The number of carbonyl (C=O) groups excluding carboxylic acids is 2. The van der Waals surface area contributed by atoms with E-state index in [1.165, 1.54) is 0 Å². The number of hydrogen-bond donors (Lipinski definition) is 0. The number of hydrogen-bond acceptors (Lipinski definition) is 3. The zero-order chi connectivity index (χ0) is 13.5. The third kappa shape index (κ3) is 3.85. The normalized spacial score (nSPS) is 10.1. The van der Waals surface area contributed by atoms with Crippen molar-refractivity contribution in [2.24, 2.45) is 0 Å². The maximum Gasteiger partial charge on any atom is 0.228 e. The number of nitrogens with zero attached hydrogens (tertiary/aromatic N) is 1. The highest BCUT2D eigenvalue weighted by Gasteiger charge is 2.14. The second-order valence-corrected chi connectivity index (χ2v) is 4.33. The van der Waals surface area contributed by atoms with E-state index < -0.39 is 5.78 Å². The summed E-state index contributed by atoms with van der Waals surface area (Å²) >= 11 is 0. The van der Waals surface area contributed by atoms with Crippen LogP contribution in [-0.2, 0) is 11.2 Å². The second-order valence-electron chi connectivity index (χ2n) is 4.33. The van der Waals surface area contributed by atoms with E-state index in [1.54, 1.807) is 36.7 Å². The lowest BCUT2D eigenvalue weighted by atomic mass is 10.0. The molecule has 1 aromatic carbocycles. The Labute approximate surface area is 112 Å². The van der Waals surface area contributed by atoms with Crippen LogP contribution in [0.5, 0.6) is 0 Å². The molecule has 3 heteroatoms. The molecule has 0 aliphatic carbocycles. The number of pyridine rings is 1. The summed E-state index contributed by atoms with van der Waals surface area (Å²) in [5.41, 5.74) is 1.55. The predicted molar refractivity (Wildman–Crippen MR) is 73.0 cm³/mol. The van der Waals surface area contributed by atoms with Crippen molar-refractivity contribution in [1.82, 2.24) is 4.98 Å². The first-order chi connectivity index (χ1) is 9.27. The lowest BCUT2D eigenvalue weighted by molar-refractivity contribution is -0.115. The van der Waals surface area contributed by atoms with E-state index in [1.807, 2.05) is 18.2 Å². The molecule has 0 saturated carbocycles. The molecule has 0 aliphatic rings.